The molecule has 0 radical (unpaired) electrons. The fraction of sp³-hybridized carbons (Fsp3) is 0.429. The van der Waals surface area contributed by atoms with E-state index in [-0.39, 0.29) is 10.2 Å². The van der Waals surface area contributed by atoms with Crippen LogP contribution in [0.1, 0.15) is 6.42 Å². The molecule has 1 N–H and O–H groups in total. The summed E-state index contributed by atoms with van der Waals surface area (Å²) >= 11 is 5.34. The van der Waals surface area contributed by atoms with Gasteiger partial charge in [-0.15, -0.1) is 0 Å². The first kappa shape index (κ1) is 14.1. The summed E-state index contributed by atoms with van der Waals surface area (Å²) in [5, 5.41) is -0.153. The molecule has 96 valence electrons. The van der Waals surface area contributed by atoms with Crippen molar-refractivity contribution >= 4 is 21.6 Å². The summed E-state index contributed by atoms with van der Waals surface area (Å²) < 4.78 is 60.1. The lowest BCUT2D eigenvalue weighted by Crippen LogP contribution is -2.28. The smallest absolute Gasteiger partial charge is 0.225 e. The van der Waals surface area contributed by atoms with Gasteiger partial charge in [-0.05, 0) is 11.6 Å². The van der Waals surface area contributed by atoms with E-state index in [1.807, 2.05) is 0 Å². The Morgan fingerprint density at radius 3 is 2.29 bits per heavy atom. The maximum Gasteiger partial charge on any atom is 0.390 e. The van der Waals surface area contributed by atoms with Crippen molar-refractivity contribution in [1.82, 2.24) is 14.7 Å². The quantitative estimate of drug-likeness (QED) is 0.850. The molecule has 10 heteroatoms. The largest absolute Gasteiger partial charge is 0.390 e. The van der Waals surface area contributed by atoms with Gasteiger partial charge in [-0.2, -0.15) is 13.2 Å². The van der Waals surface area contributed by atoms with Crippen LogP contribution in [-0.2, 0) is 10.0 Å². The Balaban J connectivity index is 2.66. The van der Waals surface area contributed by atoms with Crippen molar-refractivity contribution in [2.45, 2.75) is 17.5 Å². The second-order valence-electron chi connectivity index (χ2n) is 2.95. The molecule has 0 saturated heterocycles. The van der Waals surface area contributed by atoms with Crippen LogP contribution in [0.25, 0.3) is 0 Å². The average molecular weight is 290 g/mol. The predicted molar refractivity (Wildman–Crippen MR) is 52.9 cm³/mol. The van der Waals surface area contributed by atoms with E-state index >= 15 is 0 Å². The Morgan fingerprint density at radius 2 is 1.82 bits per heavy atom. The maximum atomic E-state index is 11.8. The van der Waals surface area contributed by atoms with Crippen LogP contribution in [0.4, 0.5) is 13.2 Å². The highest BCUT2D eigenvalue weighted by Crippen LogP contribution is 2.18. The molecule has 0 aliphatic heterocycles. The highest BCUT2D eigenvalue weighted by Gasteiger charge is 2.27. The Morgan fingerprint density at radius 1 is 1.29 bits per heavy atom. The summed E-state index contributed by atoms with van der Waals surface area (Å²) in [6, 6.07) is 0. The molecule has 1 aromatic rings. The van der Waals surface area contributed by atoms with E-state index in [1.165, 1.54) is 0 Å². The first-order valence-electron chi connectivity index (χ1n) is 4.25. The number of aromatic nitrogens is 2. The molecule has 17 heavy (non-hydrogen) atoms. The van der Waals surface area contributed by atoms with Crippen LogP contribution in [-0.4, -0.2) is 31.1 Å². The van der Waals surface area contributed by atoms with Crippen LogP contribution in [0.15, 0.2) is 17.3 Å². The third-order valence-corrected chi connectivity index (χ3v) is 3.22. The zero-order valence-corrected chi connectivity index (χ0v) is 9.77. The normalized spacial score (nSPS) is 12.7. The lowest BCUT2D eigenvalue weighted by atomic mass is 10.4. The Bertz CT molecular complexity index is 474. The SMILES string of the molecule is O=S(=O)(NCCC(F)(F)F)c1cnc(Cl)nc1. The second-order valence-corrected chi connectivity index (χ2v) is 5.06. The molecular weight excluding hydrogens is 283 g/mol. The molecule has 0 aromatic carbocycles. The van der Waals surface area contributed by atoms with Gasteiger partial charge in [-0.1, -0.05) is 0 Å². The molecule has 1 aromatic heterocycles. The average Bonchev–Trinajstić information content (AvgIpc) is 2.15. The number of nitrogens with one attached hydrogen (secondary N) is 1. The Labute approximate surface area is 100 Å². The van der Waals surface area contributed by atoms with Crippen molar-refractivity contribution in [3.05, 3.63) is 17.7 Å². The number of halogens is 4. The molecule has 0 unspecified atom stereocenters. The molecule has 0 aliphatic carbocycles. The predicted octanol–water partition coefficient (Wildman–Crippen LogP) is 1.36. The zero-order chi connectivity index (χ0) is 13.1. The third kappa shape index (κ3) is 4.84. The fourth-order valence-corrected chi connectivity index (χ4v) is 1.87. The highest BCUT2D eigenvalue weighted by molar-refractivity contribution is 7.89. The summed E-state index contributed by atoms with van der Waals surface area (Å²) in [6.07, 6.45) is -3.85. The first-order chi connectivity index (χ1) is 7.71. The van der Waals surface area contributed by atoms with E-state index in [9.17, 15) is 21.6 Å². The topological polar surface area (TPSA) is 72.0 Å². The molecule has 0 saturated carbocycles. The number of hydrogen-bond acceptors (Lipinski definition) is 4. The third-order valence-electron chi connectivity index (χ3n) is 1.61. The van der Waals surface area contributed by atoms with Gasteiger partial charge >= 0.3 is 6.18 Å². The van der Waals surface area contributed by atoms with E-state index in [0.29, 0.717) is 0 Å². The number of hydrogen-bond donors (Lipinski definition) is 1. The highest BCUT2D eigenvalue weighted by atomic mass is 35.5. The molecular formula is C7H7ClF3N3O2S. The molecule has 1 rings (SSSR count). The summed E-state index contributed by atoms with van der Waals surface area (Å²) in [5.74, 6) is 0. The van der Waals surface area contributed by atoms with E-state index in [2.05, 4.69) is 9.97 Å². The van der Waals surface area contributed by atoms with Gasteiger partial charge in [0.2, 0.25) is 15.3 Å². The van der Waals surface area contributed by atoms with Gasteiger partial charge < -0.3 is 0 Å². The van der Waals surface area contributed by atoms with Crippen molar-refractivity contribution < 1.29 is 21.6 Å². The van der Waals surface area contributed by atoms with Crippen LogP contribution in [0.5, 0.6) is 0 Å². The van der Waals surface area contributed by atoms with Crippen molar-refractivity contribution in [3.8, 4) is 0 Å². The Kier molecular flexibility index (Phi) is 4.28. The van der Waals surface area contributed by atoms with Gasteiger partial charge in [0.25, 0.3) is 0 Å². The summed E-state index contributed by atoms with van der Waals surface area (Å²) in [6.45, 7) is -0.742. The summed E-state index contributed by atoms with van der Waals surface area (Å²) in [7, 11) is -4.03. The van der Waals surface area contributed by atoms with Gasteiger partial charge in [0, 0.05) is 6.54 Å². The van der Waals surface area contributed by atoms with Crippen molar-refractivity contribution in [2.24, 2.45) is 0 Å². The van der Waals surface area contributed by atoms with Crippen molar-refractivity contribution in [2.75, 3.05) is 6.54 Å². The van der Waals surface area contributed by atoms with Gasteiger partial charge in [-0.3, -0.25) is 0 Å². The van der Waals surface area contributed by atoms with E-state index in [1.54, 1.807) is 4.72 Å². The monoisotopic (exact) mass is 289 g/mol. The van der Waals surface area contributed by atoms with Gasteiger partial charge in [0.15, 0.2) is 0 Å². The van der Waals surface area contributed by atoms with E-state index in [4.69, 9.17) is 11.6 Å². The molecule has 1 heterocycles. The van der Waals surface area contributed by atoms with Gasteiger partial charge in [-0.25, -0.2) is 23.1 Å². The molecule has 5 nitrogen and oxygen atoms in total. The lowest BCUT2D eigenvalue weighted by Gasteiger charge is -2.08. The van der Waals surface area contributed by atoms with Gasteiger partial charge in [0.1, 0.15) is 4.90 Å². The number of rotatable bonds is 4. The zero-order valence-electron chi connectivity index (χ0n) is 8.20. The molecule has 0 fully saturated rings. The summed E-state index contributed by atoms with van der Waals surface area (Å²) in [4.78, 5) is 6.49. The van der Waals surface area contributed by atoms with E-state index < -0.39 is 29.2 Å². The van der Waals surface area contributed by atoms with Crippen molar-refractivity contribution in [3.63, 3.8) is 0 Å². The number of sulfonamides is 1. The molecule has 0 bridgehead atoms. The molecule has 0 atom stereocenters. The van der Waals surface area contributed by atoms with Crippen LogP contribution < -0.4 is 4.72 Å². The maximum absolute atomic E-state index is 11.8. The summed E-state index contributed by atoms with van der Waals surface area (Å²) in [5.41, 5.74) is 0. The van der Waals surface area contributed by atoms with Crippen molar-refractivity contribution in [1.29, 1.82) is 0 Å². The second kappa shape index (κ2) is 5.15. The lowest BCUT2D eigenvalue weighted by molar-refractivity contribution is -0.132. The van der Waals surface area contributed by atoms with Gasteiger partial charge in [0.05, 0.1) is 18.8 Å². The van der Waals surface area contributed by atoms with Crippen LogP contribution >= 0.6 is 11.6 Å². The minimum absolute atomic E-state index is 0.153. The molecule has 0 amide bonds. The first-order valence-corrected chi connectivity index (χ1v) is 6.11. The Hall–Kier alpha value is -0.930. The molecule has 0 aliphatic rings. The minimum atomic E-state index is -4.42. The van der Waals surface area contributed by atoms with Crippen LogP contribution in [0.3, 0.4) is 0 Å². The number of alkyl halides is 3. The van der Waals surface area contributed by atoms with E-state index in [0.717, 1.165) is 12.4 Å². The number of nitrogens with zero attached hydrogens (tertiary/aromatic N) is 2. The minimum Gasteiger partial charge on any atom is -0.225 e. The fourth-order valence-electron chi connectivity index (χ4n) is 0.850. The van der Waals surface area contributed by atoms with Crippen LogP contribution in [0, 0.1) is 0 Å². The van der Waals surface area contributed by atoms with Crippen LogP contribution in [0.2, 0.25) is 5.28 Å². The standard InChI is InChI=1S/C7H7ClF3N3O2S/c8-6-12-3-5(4-13-6)17(15,16)14-2-1-7(9,10)11/h3-4,14H,1-2H2. The molecule has 0 spiro atoms.